The van der Waals surface area contributed by atoms with Gasteiger partial charge >= 0.3 is 0 Å². The summed E-state index contributed by atoms with van der Waals surface area (Å²) in [5.74, 6) is -0.462. The number of nitrogens with one attached hydrogen (secondary N) is 1. The molecule has 40 heavy (non-hydrogen) atoms. The SMILES string of the molecule is Cc1ccc(CN(C(=O)CN(c2ccc(C(C)C)cc2)S(C)(=O)=O)[C@H](Cc2ccccc2)C(=O)NC(C)C)cc1. The van der Waals surface area contributed by atoms with E-state index in [1.165, 1.54) is 4.90 Å². The molecule has 0 heterocycles. The quantitative estimate of drug-likeness (QED) is 0.334. The minimum absolute atomic E-state index is 0.130. The molecule has 0 saturated heterocycles. The second kappa shape index (κ2) is 13.6. The highest BCUT2D eigenvalue weighted by Gasteiger charge is 2.33. The molecular weight excluding hydrogens is 522 g/mol. The third kappa shape index (κ3) is 8.68. The van der Waals surface area contributed by atoms with Crippen molar-refractivity contribution in [1.29, 1.82) is 0 Å². The number of rotatable bonds is 12. The highest BCUT2D eigenvalue weighted by atomic mass is 32.2. The van der Waals surface area contributed by atoms with Crippen molar-refractivity contribution >= 4 is 27.5 Å². The molecule has 7 nitrogen and oxygen atoms in total. The number of amides is 2. The van der Waals surface area contributed by atoms with Gasteiger partial charge in [-0.05, 0) is 55.5 Å². The van der Waals surface area contributed by atoms with Crippen molar-refractivity contribution in [2.45, 2.75) is 65.6 Å². The molecule has 214 valence electrons. The second-order valence-electron chi connectivity index (χ2n) is 10.9. The highest BCUT2D eigenvalue weighted by Crippen LogP contribution is 2.23. The Morgan fingerprint density at radius 1 is 0.825 bits per heavy atom. The highest BCUT2D eigenvalue weighted by molar-refractivity contribution is 7.92. The van der Waals surface area contributed by atoms with E-state index in [0.717, 1.165) is 32.8 Å². The molecule has 1 atom stereocenters. The Bertz CT molecular complexity index is 1370. The lowest BCUT2D eigenvalue weighted by Crippen LogP contribution is -2.54. The van der Waals surface area contributed by atoms with Crippen LogP contribution in [-0.2, 0) is 32.6 Å². The maximum atomic E-state index is 14.1. The fourth-order valence-corrected chi connectivity index (χ4v) is 5.31. The van der Waals surface area contributed by atoms with E-state index in [-0.39, 0.29) is 24.4 Å². The van der Waals surface area contributed by atoms with Crippen LogP contribution >= 0.6 is 0 Å². The number of nitrogens with zero attached hydrogens (tertiary/aromatic N) is 2. The first-order chi connectivity index (χ1) is 18.8. The Morgan fingerprint density at radius 2 is 1.43 bits per heavy atom. The largest absolute Gasteiger partial charge is 0.352 e. The summed E-state index contributed by atoms with van der Waals surface area (Å²) in [6, 6.07) is 23.5. The van der Waals surface area contributed by atoms with E-state index in [4.69, 9.17) is 0 Å². The zero-order chi connectivity index (χ0) is 29.4. The first kappa shape index (κ1) is 30.9. The summed E-state index contributed by atoms with van der Waals surface area (Å²) in [6.07, 6.45) is 1.38. The average Bonchev–Trinajstić information content (AvgIpc) is 2.89. The first-order valence-electron chi connectivity index (χ1n) is 13.6. The van der Waals surface area contributed by atoms with Gasteiger partial charge in [0.1, 0.15) is 12.6 Å². The standard InChI is InChI=1S/C32H41N3O4S/c1-23(2)28-16-18-29(19-17-28)35(40(6,38)39)22-31(36)34(21-27-14-12-25(5)13-15-27)30(32(37)33-24(3)4)20-26-10-8-7-9-11-26/h7-19,23-24,30H,20-22H2,1-6H3,(H,33,37)/t30-/m1/s1. The summed E-state index contributed by atoms with van der Waals surface area (Å²) >= 11 is 0. The molecule has 1 N–H and O–H groups in total. The van der Waals surface area contributed by atoms with Crippen LogP contribution in [0.25, 0.3) is 0 Å². The number of aryl methyl sites for hydroxylation is 1. The van der Waals surface area contributed by atoms with E-state index in [1.807, 2.05) is 87.5 Å². The summed E-state index contributed by atoms with van der Waals surface area (Å²) in [5.41, 5.74) is 4.30. The molecule has 0 radical (unpaired) electrons. The van der Waals surface area contributed by atoms with Crippen LogP contribution in [0.1, 0.15) is 55.9 Å². The molecule has 0 saturated carbocycles. The second-order valence-corrected chi connectivity index (χ2v) is 12.8. The van der Waals surface area contributed by atoms with Crippen molar-refractivity contribution in [3.63, 3.8) is 0 Å². The zero-order valence-corrected chi connectivity index (χ0v) is 25.1. The lowest BCUT2D eigenvalue weighted by molar-refractivity contribution is -0.140. The minimum atomic E-state index is -3.80. The van der Waals surface area contributed by atoms with Crippen LogP contribution in [0.5, 0.6) is 0 Å². The zero-order valence-electron chi connectivity index (χ0n) is 24.3. The third-order valence-corrected chi connectivity index (χ3v) is 7.84. The third-order valence-electron chi connectivity index (χ3n) is 6.70. The molecule has 3 aromatic rings. The number of carbonyl (C=O) groups is 2. The molecular formula is C32H41N3O4S. The van der Waals surface area contributed by atoms with Crippen LogP contribution < -0.4 is 9.62 Å². The summed E-state index contributed by atoms with van der Waals surface area (Å²) in [5, 5.41) is 2.96. The van der Waals surface area contributed by atoms with Crippen molar-refractivity contribution in [2.75, 3.05) is 17.1 Å². The summed E-state index contributed by atoms with van der Waals surface area (Å²) < 4.78 is 27.0. The molecule has 0 fully saturated rings. The van der Waals surface area contributed by atoms with E-state index in [2.05, 4.69) is 19.2 Å². The lowest BCUT2D eigenvalue weighted by Gasteiger charge is -2.34. The molecule has 0 aliphatic carbocycles. The topological polar surface area (TPSA) is 86.8 Å². The molecule has 0 spiro atoms. The molecule has 2 amide bonds. The number of hydrogen-bond acceptors (Lipinski definition) is 4. The van der Waals surface area contributed by atoms with E-state index in [0.29, 0.717) is 12.1 Å². The van der Waals surface area contributed by atoms with Crippen molar-refractivity contribution in [1.82, 2.24) is 10.2 Å². The minimum Gasteiger partial charge on any atom is -0.352 e. The van der Waals surface area contributed by atoms with Gasteiger partial charge in [0, 0.05) is 19.0 Å². The molecule has 0 unspecified atom stereocenters. The maximum Gasteiger partial charge on any atom is 0.244 e. The van der Waals surface area contributed by atoms with Crippen molar-refractivity contribution in [3.05, 3.63) is 101 Å². The van der Waals surface area contributed by atoms with Gasteiger partial charge in [-0.15, -0.1) is 0 Å². The predicted molar refractivity (Wildman–Crippen MR) is 162 cm³/mol. The van der Waals surface area contributed by atoms with Gasteiger partial charge in [-0.3, -0.25) is 13.9 Å². The summed E-state index contributed by atoms with van der Waals surface area (Å²) in [4.78, 5) is 29.2. The van der Waals surface area contributed by atoms with Crippen LogP contribution in [0.3, 0.4) is 0 Å². The Morgan fingerprint density at radius 3 is 1.95 bits per heavy atom. The van der Waals surface area contributed by atoms with Gasteiger partial charge in [0.25, 0.3) is 0 Å². The fraction of sp³-hybridized carbons (Fsp3) is 0.375. The van der Waals surface area contributed by atoms with Gasteiger partial charge in [-0.1, -0.05) is 86.1 Å². The van der Waals surface area contributed by atoms with Gasteiger partial charge < -0.3 is 10.2 Å². The Labute approximate surface area is 239 Å². The summed E-state index contributed by atoms with van der Waals surface area (Å²) in [6.45, 7) is 9.58. The Hall–Kier alpha value is -3.65. The van der Waals surface area contributed by atoms with Crippen LogP contribution in [0.4, 0.5) is 5.69 Å². The number of hydrogen-bond donors (Lipinski definition) is 1. The number of anilines is 1. The van der Waals surface area contributed by atoms with Crippen LogP contribution in [0.15, 0.2) is 78.9 Å². The van der Waals surface area contributed by atoms with Crippen molar-refractivity contribution in [3.8, 4) is 0 Å². The van der Waals surface area contributed by atoms with Gasteiger partial charge in [-0.25, -0.2) is 8.42 Å². The average molecular weight is 564 g/mol. The molecule has 8 heteroatoms. The molecule has 0 bridgehead atoms. The van der Waals surface area contributed by atoms with Crippen molar-refractivity contribution < 1.29 is 18.0 Å². The van der Waals surface area contributed by atoms with E-state index >= 15 is 0 Å². The molecule has 0 aromatic heterocycles. The monoisotopic (exact) mass is 563 g/mol. The molecule has 0 aliphatic rings. The summed E-state index contributed by atoms with van der Waals surface area (Å²) in [7, 11) is -3.80. The number of carbonyl (C=O) groups excluding carboxylic acids is 2. The van der Waals surface area contributed by atoms with Gasteiger partial charge in [-0.2, -0.15) is 0 Å². The molecule has 0 aliphatic heterocycles. The van der Waals surface area contributed by atoms with Crippen LogP contribution in [0, 0.1) is 6.92 Å². The van der Waals surface area contributed by atoms with E-state index in [1.54, 1.807) is 12.1 Å². The number of benzene rings is 3. The maximum absolute atomic E-state index is 14.1. The fourth-order valence-electron chi connectivity index (χ4n) is 4.46. The van der Waals surface area contributed by atoms with Gasteiger partial charge in [0.2, 0.25) is 21.8 Å². The van der Waals surface area contributed by atoms with E-state index < -0.39 is 28.5 Å². The van der Waals surface area contributed by atoms with Crippen LogP contribution in [-0.4, -0.2) is 50.0 Å². The number of sulfonamides is 1. The van der Waals surface area contributed by atoms with E-state index in [9.17, 15) is 18.0 Å². The lowest BCUT2D eigenvalue weighted by atomic mass is 10.0. The smallest absolute Gasteiger partial charge is 0.244 e. The van der Waals surface area contributed by atoms with Gasteiger partial charge in [0.05, 0.1) is 11.9 Å². The van der Waals surface area contributed by atoms with Crippen LogP contribution in [0.2, 0.25) is 0 Å². The van der Waals surface area contributed by atoms with Gasteiger partial charge in [0.15, 0.2) is 0 Å². The normalized spacial score (nSPS) is 12.3. The first-order valence-corrected chi connectivity index (χ1v) is 15.5. The molecule has 3 aromatic carbocycles. The predicted octanol–water partition coefficient (Wildman–Crippen LogP) is 5.05. The Balaban J connectivity index is 2.03. The molecule has 3 rings (SSSR count). The Kier molecular flexibility index (Phi) is 10.5. The van der Waals surface area contributed by atoms with Crippen molar-refractivity contribution in [2.24, 2.45) is 0 Å².